The van der Waals surface area contributed by atoms with Gasteiger partial charge in [0.15, 0.2) is 0 Å². The molecule has 3 aromatic rings. The molecule has 2 amide bonds. The van der Waals surface area contributed by atoms with E-state index in [0.717, 1.165) is 36.4 Å². The molecule has 236 valence electrons. The van der Waals surface area contributed by atoms with Gasteiger partial charge in [0.2, 0.25) is 21.8 Å². The van der Waals surface area contributed by atoms with Crippen LogP contribution in [-0.2, 0) is 26.0 Å². The van der Waals surface area contributed by atoms with Gasteiger partial charge in [-0.05, 0) is 42.0 Å². The fourth-order valence-corrected chi connectivity index (χ4v) is 7.77. The topological polar surface area (TPSA) is 119 Å². The summed E-state index contributed by atoms with van der Waals surface area (Å²) in [6.07, 6.45) is 0.310. The van der Waals surface area contributed by atoms with Gasteiger partial charge in [0.05, 0.1) is 23.0 Å². The van der Waals surface area contributed by atoms with E-state index in [1.807, 2.05) is 25.1 Å². The van der Waals surface area contributed by atoms with Gasteiger partial charge in [-0.1, -0.05) is 49.7 Å². The largest absolute Gasteiger partial charge is 0.389 e. The maximum absolute atomic E-state index is 14.1. The van der Waals surface area contributed by atoms with Crippen LogP contribution in [-0.4, -0.2) is 85.5 Å². The number of hydrogen-bond donors (Lipinski definition) is 3. The van der Waals surface area contributed by atoms with Crippen LogP contribution in [0.4, 0.5) is 8.78 Å². The monoisotopic (exact) mass is 628 g/mol. The van der Waals surface area contributed by atoms with E-state index in [0.29, 0.717) is 11.9 Å². The van der Waals surface area contributed by atoms with Gasteiger partial charge >= 0.3 is 0 Å². The predicted molar refractivity (Wildman–Crippen MR) is 162 cm³/mol. The number of carbonyl (C=O) groups excluding carboxylic acids is 2. The number of rotatable bonds is 11. The highest BCUT2D eigenvalue weighted by Crippen LogP contribution is 2.27. The number of sulfonamides is 1. The third-order valence-electron chi connectivity index (χ3n) is 8.43. The third kappa shape index (κ3) is 7.09. The molecule has 0 bridgehead atoms. The number of piperazine rings is 1. The lowest BCUT2D eigenvalue weighted by Gasteiger charge is -2.38. The van der Waals surface area contributed by atoms with Crippen molar-refractivity contribution < 1.29 is 31.9 Å². The van der Waals surface area contributed by atoms with E-state index in [9.17, 15) is 31.9 Å². The summed E-state index contributed by atoms with van der Waals surface area (Å²) in [6.45, 7) is 3.13. The summed E-state index contributed by atoms with van der Waals surface area (Å²) in [7, 11) is -3.95. The van der Waals surface area contributed by atoms with Crippen molar-refractivity contribution in [3.05, 3.63) is 77.9 Å². The SMILES string of the molecule is CCCCN1CC(C(=O)NC(Cc2cc(F)cc(F)c2)[C@H](O)[C@H]2CN(S(=O)(=O)c3cccc4ccccc34)CCN2)CC1=O. The van der Waals surface area contributed by atoms with Crippen molar-refractivity contribution in [2.24, 2.45) is 5.92 Å². The number of carbonyl (C=O) groups is 2. The van der Waals surface area contributed by atoms with E-state index in [1.54, 1.807) is 29.2 Å². The number of nitrogens with zero attached hydrogens (tertiary/aromatic N) is 2. The van der Waals surface area contributed by atoms with Crippen LogP contribution in [0.5, 0.6) is 0 Å². The second-order valence-electron chi connectivity index (χ2n) is 11.6. The van der Waals surface area contributed by atoms with Gasteiger partial charge in [-0.15, -0.1) is 0 Å². The van der Waals surface area contributed by atoms with Crippen LogP contribution >= 0.6 is 0 Å². The molecule has 3 N–H and O–H groups in total. The molecule has 0 saturated carbocycles. The van der Waals surface area contributed by atoms with Crippen molar-refractivity contribution in [1.29, 1.82) is 0 Å². The Bertz CT molecular complexity index is 1600. The second kappa shape index (κ2) is 13.7. The lowest BCUT2D eigenvalue weighted by Crippen LogP contribution is -2.62. The van der Waals surface area contributed by atoms with Crippen molar-refractivity contribution in [2.45, 2.75) is 55.7 Å². The summed E-state index contributed by atoms with van der Waals surface area (Å²) in [5.74, 6) is -2.80. The number of halogens is 2. The summed E-state index contributed by atoms with van der Waals surface area (Å²) in [6, 6.07) is 13.4. The maximum atomic E-state index is 14.1. The number of hydrogen-bond acceptors (Lipinski definition) is 6. The molecule has 44 heavy (non-hydrogen) atoms. The number of nitrogens with one attached hydrogen (secondary N) is 2. The fourth-order valence-electron chi connectivity index (χ4n) is 6.09. The molecule has 3 aromatic carbocycles. The van der Waals surface area contributed by atoms with Crippen molar-refractivity contribution in [3.63, 3.8) is 0 Å². The van der Waals surface area contributed by atoms with Crippen LogP contribution in [0.1, 0.15) is 31.7 Å². The first-order valence-electron chi connectivity index (χ1n) is 15.0. The van der Waals surface area contributed by atoms with Gasteiger partial charge in [0.1, 0.15) is 11.6 Å². The maximum Gasteiger partial charge on any atom is 0.243 e. The average molecular weight is 629 g/mol. The highest BCUT2D eigenvalue weighted by Gasteiger charge is 2.39. The van der Waals surface area contributed by atoms with Crippen molar-refractivity contribution in [1.82, 2.24) is 19.8 Å². The zero-order valence-corrected chi connectivity index (χ0v) is 25.4. The minimum atomic E-state index is -3.95. The summed E-state index contributed by atoms with van der Waals surface area (Å²) < 4.78 is 57.1. The minimum absolute atomic E-state index is 0.0334. The first-order valence-corrected chi connectivity index (χ1v) is 16.4. The Morgan fingerprint density at radius 3 is 2.57 bits per heavy atom. The molecule has 2 aliphatic heterocycles. The van der Waals surface area contributed by atoms with E-state index in [2.05, 4.69) is 10.6 Å². The van der Waals surface area contributed by atoms with E-state index in [4.69, 9.17) is 0 Å². The Kier molecular flexibility index (Phi) is 9.94. The van der Waals surface area contributed by atoms with Gasteiger partial charge in [-0.3, -0.25) is 9.59 Å². The normalized spacial score (nSPS) is 21.0. The molecule has 4 atom stereocenters. The molecule has 2 fully saturated rings. The van der Waals surface area contributed by atoms with Crippen LogP contribution in [0.15, 0.2) is 65.6 Å². The van der Waals surface area contributed by atoms with Crippen molar-refractivity contribution in [3.8, 4) is 0 Å². The molecular weight excluding hydrogens is 590 g/mol. The van der Waals surface area contributed by atoms with Crippen LogP contribution < -0.4 is 10.6 Å². The number of amides is 2. The fraction of sp³-hybridized carbons (Fsp3) is 0.438. The van der Waals surface area contributed by atoms with Crippen LogP contribution in [0, 0.1) is 17.6 Å². The summed E-state index contributed by atoms with van der Waals surface area (Å²) in [4.78, 5) is 27.7. The van der Waals surface area contributed by atoms with E-state index in [1.165, 1.54) is 4.31 Å². The smallest absolute Gasteiger partial charge is 0.243 e. The van der Waals surface area contributed by atoms with Crippen LogP contribution in [0.25, 0.3) is 10.8 Å². The molecule has 0 aliphatic carbocycles. The zero-order valence-electron chi connectivity index (χ0n) is 24.6. The molecule has 2 aliphatic rings. The van der Waals surface area contributed by atoms with Gasteiger partial charge in [-0.25, -0.2) is 17.2 Å². The first kappa shape index (κ1) is 32.0. The molecule has 5 rings (SSSR count). The summed E-state index contributed by atoms with van der Waals surface area (Å²) >= 11 is 0. The molecule has 2 saturated heterocycles. The van der Waals surface area contributed by atoms with E-state index >= 15 is 0 Å². The number of fused-ring (bicyclic) bond motifs is 1. The van der Waals surface area contributed by atoms with Crippen LogP contribution in [0.2, 0.25) is 0 Å². The molecule has 2 unspecified atom stereocenters. The standard InChI is InChI=1S/C32H38F2N4O5S/c1-2-3-12-37-19-23(17-30(37)39)32(41)36-27(16-21-14-24(33)18-25(34)15-21)31(40)28-20-38(13-11-35-28)44(42,43)29-10-6-8-22-7-4-5-9-26(22)29/h4-10,14-15,18,23,27-28,31,35,40H,2-3,11-13,16-17,19-20H2,1H3,(H,36,41)/t23?,27?,28-,31+/m1/s1. The molecule has 2 heterocycles. The van der Waals surface area contributed by atoms with Gasteiger partial charge in [-0.2, -0.15) is 4.31 Å². The number of aliphatic hydroxyl groups is 1. The van der Waals surface area contributed by atoms with Gasteiger partial charge in [0.25, 0.3) is 0 Å². The number of unbranched alkanes of at least 4 members (excludes halogenated alkanes) is 1. The van der Waals surface area contributed by atoms with Crippen LogP contribution in [0.3, 0.4) is 0 Å². The number of benzene rings is 3. The first-order chi connectivity index (χ1) is 21.1. The molecule has 0 radical (unpaired) electrons. The highest BCUT2D eigenvalue weighted by atomic mass is 32.2. The Morgan fingerprint density at radius 1 is 1.09 bits per heavy atom. The van der Waals surface area contributed by atoms with E-state index in [-0.39, 0.29) is 55.4 Å². The molecular formula is C32H38F2N4O5S. The Labute approximate surface area is 256 Å². The number of likely N-dealkylation sites (tertiary alicyclic amines) is 1. The van der Waals surface area contributed by atoms with Crippen molar-refractivity contribution in [2.75, 3.05) is 32.7 Å². The average Bonchev–Trinajstić information content (AvgIpc) is 3.38. The predicted octanol–water partition coefficient (Wildman–Crippen LogP) is 2.82. The molecule has 12 heteroatoms. The zero-order chi connectivity index (χ0) is 31.4. The molecule has 0 spiro atoms. The van der Waals surface area contributed by atoms with Gasteiger partial charge < -0.3 is 20.6 Å². The molecule has 9 nitrogen and oxygen atoms in total. The van der Waals surface area contributed by atoms with E-state index < -0.39 is 51.7 Å². The minimum Gasteiger partial charge on any atom is -0.389 e. The van der Waals surface area contributed by atoms with Gasteiger partial charge in [0, 0.05) is 56.6 Å². The summed E-state index contributed by atoms with van der Waals surface area (Å²) in [5.41, 5.74) is 0.218. The Hall–Kier alpha value is -3.45. The lowest BCUT2D eigenvalue weighted by molar-refractivity contribution is -0.129. The second-order valence-corrected chi connectivity index (χ2v) is 13.5. The Balaban J connectivity index is 1.37. The third-order valence-corrected chi connectivity index (χ3v) is 10.4. The number of aliphatic hydroxyl groups excluding tert-OH is 1. The van der Waals surface area contributed by atoms with Crippen molar-refractivity contribution >= 4 is 32.6 Å². The quantitative estimate of drug-likeness (QED) is 0.301. The lowest BCUT2D eigenvalue weighted by atomic mass is 9.94. The highest BCUT2D eigenvalue weighted by molar-refractivity contribution is 7.89. The molecule has 0 aromatic heterocycles. The summed E-state index contributed by atoms with van der Waals surface area (Å²) in [5, 5.41) is 19.0. The Morgan fingerprint density at radius 2 is 1.82 bits per heavy atom.